The molecule has 8 heteroatoms. The van der Waals surface area contributed by atoms with Crippen LogP contribution in [-0.4, -0.2) is 49.6 Å². The van der Waals surface area contributed by atoms with E-state index < -0.39 is 0 Å². The number of methoxy groups -OCH3 is 2. The van der Waals surface area contributed by atoms with Crippen molar-refractivity contribution < 1.29 is 38.7 Å². The quantitative estimate of drug-likeness (QED) is 0.0523. The van der Waals surface area contributed by atoms with Crippen LogP contribution in [0.2, 0.25) is 0 Å². The lowest BCUT2D eigenvalue weighted by molar-refractivity contribution is -0.149. The smallest absolute Gasteiger partial charge is 0.305 e. The summed E-state index contributed by atoms with van der Waals surface area (Å²) >= 11 is 0. The predicted octanol–water partition coefficient (Wildman–Crippen LogP) is 13.1. The molecule has 2 N–H and O–H groups in total. The molecule has 0 aliphatic carbocycles. The fraction of sp³-hybridized carbons (Fsp3) is 0.720. The summed E-state index contributed by atoms with van der Waals surface area (Å²) in [6.07, 6.45) is 25.7. The molecule has 0 aliphatic heterocycles. The molecule has 0 saturated carbocycles. The fourth-order valence-electron chi connectivity index (χ4n) is 7.63. The maximum atomic E-state index is 13.1. The number of hydrogen-bond acceptors (Lipinski definition) is 8. The fourth-order valence-corrected chi connectivity index (χ4v) is 7.63. The van der Waals surface area contributed by atoms with Crippen molar-refractivity contribution in [1.29, 1.82) is 0 Å². The number of phenolic OH excluding ortho intramolecular Hbond substituents is 2. The molecule has 0 spiro atoms. The lowest BCUT2D eigenvalue weighted by Gasteiger charge is -2.27. The molecule has 0 bridgehead atoms. The molecular weight excluding hydrogens is 729 g/mol. The zero-order chi connectivity index (χ0) is 42.4. The molecule has 2 aromatic carbocycles. The van der Waals surface area contributed by atoms with Crippen LogP contribution in [0.3, 0.4) is 0 Å². The number of phenols is 2. The summed E-state index contributed by atoms with van der Waals surface area (Å²) in [5.74, 6) is 1.64. The van der Waals surface area contributed by atoms with E-state index in [0.717, 1.165) is 61.5 Å². The van der Waals surface area contributed by atoms with Crippen molar-refractivity contribution >= 4 is 11.9 Å². The lowest BCUT2D eigenvalue weighted by Crippen LogP contribution is -2.30. The van der Waals surface area contributed by atoms with Gasteiger partial charge < -0.3 is 29.2 Å². The van der Waals surface area contributed by atoms with Crippen molar-refractivity contribution in [3.05, 3.63) is 47.5 Å². The van der Waals surface area contributed by atoms with Crippen molar-refractivity contribution in [2.24, 2.45) is 23.7 Å². The van der Waals surface area contributed by atoms with Crippen LogP contribution in [0.5, 0.6) is 23.0 Å². The van der Waals surface area contributed by atoms with Crippen LogP contribution in [0.25, 0.3) is 0 Å². The van der Waals surface area contributed by atoms with E-state index in [1.807, 2.05) is 12.1 Å². The average molecular weight is 811 g/mol. The van der Waals surface area contributed by atoms with E-state index in [2.05, 4.69) is 27.7 Å². The number of esters is 2. The predicted molar refractivity (Wildman–Crippen MR) is 237 cm³/mol. The SMILES string of the molecule is CCC(C)CCCCCCCCCCC(=O)OCC(Cc1ccc(O)c(OC)c1)C(COC(=O)CCCCCCCCCCC(C)CC)Cc1ccc(O)c(OC)c1. The Hall–Kier alpha value is -3.42. The normalized spacial score (nSPS) is 13.4. The Balaban J connectivity index is 2.00. The van der Waals surface area contributed by atoms with Gasteiger partial charge in [0.15, 0.2) is 23.0 Å². The third-order valence-electron chi connectivity index (χ3n) is 12.1. The van der Waals surface area contributed by atoms with Gasteiger partial charge in [-0.15, -0.1) is 0 Å². The molecule has 2 aromatic rings. The molecule has 330 valence electrons. The van der Waals surface area contributed by atoms with Crippen LogP contribution < -0.4 is 9.47 Å². The first-order valence-electron chi connectivity index (χ1n) is 23.1. The molecule has 0 radical (unpaired) electrons. The van der Waals surface area contributed by atoms with E-state index in [-0.39, 0.29) is 48.5 Å². The Morgan fingerprint density at radius 3 is 1.17 bits per heavy atom. The molecule has 4 atom stereocenters. The van der Waals surface area contributed by atoms with Gasteiger partial charge in [0.05, 0.1) is 27.4 Å². The molecular formula is C50H82O8. The first-order chi connectivity index (χ1) is 28.1. The standard InChI is InChI=1S/C50H82O8/c1-7-39(3)25-21-17-13-9-11-15-19-23-27-49(53)57-37-43(33-41-29-31-45(51)47(35-41)55-5)44(34-42-30-32-46(52)48(36-42)56-6)38-58-50(54)28-24-20-16-12-10-14-18-22-26-40(4)8-2/h29-32,35-36,39-40,43-44,51-52H,7-28,33-34,37-38H2,1-6H3. The number of hydrogen-bond donors (Lipinski definition) is 2. The second kappa shape index (κ2) is 31.5. The zero-order valence-electron chi connectivity index (χ0n) is 37.5. The van der Waals surface area contributed by atoms with Gasteiger partial charge in [-0.1, -0.05) is 155 Å². The largest absolute Gasteiger partial charge is 0.504 e. The number of aromatic hydroxyl groups is 2. The lowest BCUT2D eigenvalue weighted by atomic mass is 9.83. The van der Waals surface area contributed by atoms with E-state index in [0.29, 0.717) is 37.2 Å². The molecule has 8 nitrogen and oxygen atoms in total. The van der Waals surface area contributed by atoms with E-state index in [4.69, 9.17) is 18.9 Å². The highest BCUT2D eigenvalue weighted by Crippen LogP contribution is 2.32. The van der Waals surface area contributed by atoms with Gasteiger partial charge in [0.1, 0.15) is 0 Å². The number of rotatable bonds is 35. The molecule has 0 fully saturated rings. The number of unbranched alkanes of at least 4 members (excludes halogenated alkanes) is 14. The number of benzene rings is 2. The van der Waals surface area contributed by atoms with E-state index in [9.17, 15) is 19.8 Å². The highest BCUT2D eigenvalue weighted by atomic mass is 16.5. The molecule has 0 aromatic heterocycles. The van der Waals surface area contributed by atoms with Crippen LogP contribution >= 0.6 is 0 Å². The zero-order valence-corrected chi connectivity index (χ0v) is 37.5. The molecule has 0 amide bonds. The van der Waals surface area contributed by atoms with Crippen molar-refractivity contribution in [2.75, 3.05) is 27.4 Å². The monoisotopic (exact) mass is 811 g/mol. The van der Waals surface area contributed by atoms with Crippen molar-refractivity contribution in [1.82, 2.24) is 0 Å². The van der Waals surface area contributed by atoms with Gasteiger partial charge in [0, 0.05) is 24.7 Å². The molecule has 0 heterocycles. The Kier molecular flexibility index (Phi) is 27.5. The summed E-state index contributed by atoms with van der Waals surface area (Å²) in [5, 5.41) is 20.6. The maximum Gasteiger partial charge on any atom is 0.305 e. The third kappa shape index (κ3) is 22.7. The summed E-state index contributed by atoms with van der Waals surface area (Å²) in [4.78, 5) is 26.2. The minimum atomic E-state index is -0.216. The van der Waals surface area contributed by atoms with Crippen molar-refractivity contribution in [3.8, 4) is 23.0 Å². The topological polar surface area (TPSA) is 112 Å². The van der Waals surface area contributed by atoms with Gasteiger partial charge in [0.25, 0.3) is 0 Å². The molecule has 58 heavy (non-hydrogen) atoms. The highest BCUT2D eigenvalue weighted by Gasteiger charge is 2.27. The Bertz CT molecular complexity index is 1270. The van der Waals surface area contributed by atoms with Crippen LogP contribution in [-0.2, 0) is 31.9 Å². The first kappa shape index (κ1) is 50.7. The Morgan fingerprint density at radius 2 is 0.845 bits per heavy atom. The number of ether oxygens (including phenoxy) is 4. The van der Waals surface area contributed by atoms with Crippen molar-refractivity contribution in [2.45, 2.75) is 182 Å². The highest BCUT2D eigenvalue weighted by molar-refractivity contribution is 5.69. The van der Waals surface area contributed by atoms with Gasteiger partial charge in [-0.05, 0) is 72.9 Å². The third-order valence-corrected chi connectivity index (χ3v) is 12.1. The minimum Gasteiger partial charge on any atom is -0.504 e. The van der Waals surface area contributed by atoms with Gasteiger partial charge in [-0.3, -0.25) is 9.59 Å². The van der Waals surface area contributed by atoms with Crippen LogP contribution in [0.15, 0.2) is 36.4 Å². The van der Waals surface area contributed by atoms with Gasteiger partial charge in [0.2, 0.25) is 0 Å². The summed E-state index contributed by atoms with van der Waals surface area (Å²) in [6.45, 7) is 9.53. The second-order valence-electron chi connectivity index (χ2n) is 17.1. The Morgan fingerprint density at radius 1 is 0.517 bits per heavy atom. The number of carbonyl (C=O) groups is 2. The molecule has 4 unspecified atom stereocenters. The van der Waals surface area contributed by atoms with Crippen LogP contribution in [0, 0.1) is 23.7 Å². The number of carbonyl (C=O) groups excluding carboxylic acids is 2. The molecule has 0 aliphatic rings. The Labute approximate surface area is 353 Å². The summed E-state index contributed by atoms with van der Waals surface area (Å²) in [6, 6.07) is 10.5. The molecule has 2 rings (SSSR count). The van der Waals surface area contributed by atoms with Gasteiger partial charge >= 0.3 is 11.9 Å². The van der Waals surface area contributed by atoms with Crippen LogP contribution in [0.4, 0.5) is 0 Å². The summed E-state index contributed by atoms with van der Waals surface area (Å²) in [5.41, 5.74) is 1.82. The maximum absolute atomic E-state index is 13.1. The minimum absolute atomic E-state index is 0.0505. The second-order valence-corrected chi connectivity index (χ2v) is 17.1. The molecule has 0 saturated heterocycles. The van der Waals surface area contributed by atoms with Gasteiger partial charge in [-0.25, -0.2) is 0 Å². The summed E-state index contributed by atoms with van der Waals surface area (Å²) in [7, 11) is 3.03. The average Bonchev–Trinajstić information content (AvgIpc) is 3.23. The van der Waals surface area contributed by atoms with E-state index in [1.165, 1.54) is 104 Å². The van der Waals surface area contributed by atoms with E-state index in [1.54, 1.807) is 24.3 Å². The van der Waals surface area contributed by atoms with Crippen molar-refractivity contribution in [3.63, 3.8) is 0 Å². The summed E-state index contributed by atoms with van der Waals surface area (Å²) < 4.78 is 22.7. The van der Waals surface area contributed by atoms with Gasteiger partial charge in [-0.2, -0.15) is 0 Å². The first-order valence-corrected chi connectivity index (χ1v) is 23.1. The van der Waals surface area contributed by atoms with Crippen LogP contribution in [0.1, 0.15) is 180 Å². The van der Waals surface area contributed by atoms with E-state index >= 15 is 0 Å².